The van der Waals surface area contributed by atoms with Gasteiger partial charge in [-0.25, -0.2) is 4.79 Å². The van der Waals surface area contributed by atoms with Crippen LogP contribution in [0.3, 0.4) is 0 Å². The number of rotatable bonds is 5. The molecule has 0 aliphatic rings. The minimum Gasteiger partial charge on any atom is -0.452 e. The molecule has 0 spiro atoms. The van der Waals surface area contributed by atoms with Gasteiger partial charge in [0.1, 0.15) is 5.40 Å². The third kappa shape index (κ3) is 5.40. The molecule has 1 N–H and O–H groups in total. The van der Waals surface area contributed by atoms with Crippen molar-refractivity contribution >= 4 is 52.5 Å². The molecular formula is C17H12Cl2N2O3S. The van der Waals surface area contributed by atoms with Gasteiger partial charge in [0.15, 0.2) is 6.61 Å². The number of nitrogens with one attached hydrogen (secondary N) is 1. The molecule has 128 valence electrons. The smallest absolute Gasteiger partial charge is 0.338 e. The molecule has 25 heavy (non-hydrogen) atoms. The number of halogens is 2. The highest BCUT2D eigenvalue weighted by Gasteiger charge is 2.12. The fourth-order valence-corrected chi connectivity index (χ4v) is 2.69. The average molecular weight is 395 g/mol. The van der Waals surface area contributed by atoms with E-state index in [4.69, 9.17) is 33.2 Å². The number of hydrogen-bond donors (Lipinski definition) is 1. The van der Waals surface area contributed by atoms with E-state index in [-0.39, 0.29) is 10.6 Å². The van der Waals surface area contributed by atoms with Crippen molar-refractivity contribution in [1.29, 1.82) is 5.26 Å². The summed E-state index contributed by atoms with van der Waals surface area (Å²) in [5.41, 5.74) is 1.58. The Balaban J connectivity index is 1.93. The highest BCUT2D eigenvalue weighted by atomic mass is 35.5. The number of ether oxygens (including phenoxy) is 1. The standard InChI is InChI=1S/C17H12Cl2N2O3S/c1-10-6-12(25-9-20)3-5-15(10)21-16(22)8-24-17(23)11-2-4-13(18)14(19)7-11/h2-7H,8H2,1H3,(H,21,22). The predicted molar refractivity (Wildman–Crippen MR) is 98.0 cm³/mol. The van der Waals surface area contributed by atoms with E-state index in [1.807, 2.05) is 5.40 Å². The van der Waals surface area contributed by atoms with E-state index < -0.39 is 18.5 Å². The first kappa shape index (κ1) is 19.1. The third-order valence-electron chi connectivity index (χ3n) is 3.13. The highest BCUT2D eigenvalue weighted by molar-refractivity contribution is 8.03. The van der Waals surface area contributed by atoms with E-state index in [1.165, 1.54) is 18.2 Å². The Morgan fingerprint density at radius 3 is 2.60 bits per heavy atom. The van der Waals surface area contributed by atoms with Crippen molar-refractivity contribution in [2.45, 2.75) is 11.8 Å². The maximum absolute atomic E-state index is 11.9. The van der Waals surface area contributed by atoms with E-state index >= 15 is 0 Å². The minimum absolute atomic E-state index is 0.205. The quantitative estimate of drug-likeness (QED) is 0.452. The van der Waals surface area contributed by atoms with Gasteiger partial charge in [-0.1, -0.05) is 23.2 Å². The number of carbonyl (C=O) groups excluding carboxylic acids is 2. The first-order valence-electron chi connectivity index (χ1n) is 6.99. The van der Waals surface area contributed by atoms with Gasteiger partial charge >= 0.3 is 5.97 Å². The van der Waals surface area contributed by atoms with Crippen molar-refractivity contribution in [3.8, 4) is 5.40 Å². The summed E-state index contributed by atoms with van der Waals surface area (Å²) in [6, 6.07) is 9.51. The molecule has 5 nitrogen and oxygen atoms in total. The van der Waals surface area contributed by atoms with Crippen LogP contribution in [0.5, 0.6) is 0 Å². The van der Waals surface area contributed by atoms with Gasteiger partial charge in [-0.2, -0.15) is 5.26 Å². The number of nitriles is 1. The molecule has 0 radical (unpaired) electrons. The SMILES string of the molecule is Cc1cc(SC#N)ccc1NC(=O)COC(=O)c1ccc(Cl)c(Cl)c1. The second-order valence-corrected chi connectivity index (χ2v) is 6.60. The van der Waals surface area contributed by atoms with Gasteiger partial charge in [-0.05, 0) is 60.6 Å². The lowest BCUT2D eigenvalue weighted by Gasteiger charge is -2.10. The Morgan fingerprint density at radius 2 is 1.96 bits per heavy atom. The van der Waals surface area contributed by atoms with Crippen LogP contribution in [0.15, 0.2) is 41.3 Å². The van der Waals surface area contributed by atoms with Crippen LogP contribution >= 0.6 is 35.0 Å². The molecule has 0 aromatic heterocycles. The number of benzene rings is 2. The first-order chi connectivity index (χ1) is 11.9. The van der Waals surface area contributed by atoms with Crippen molar-refractivity contribution in [3.05, 3.63) is 57.6 Å². The zero-order valence-electron chi connectivity index (χ0n) is 13.0. The van der Waals surface area contributed by atoms with E-state index in [0.29, 0.717) is 10.7 Å². The molecule has 0 aliphatic heterocycles. The molecule has 1 amide bonds. The Kier molecular flexibility index (Phi) is 6.71. The summed E-state index contributed by atoms with van der Waals surface area (Å²) in [7, 11) is 0. The average Bonchev–Trinajstić information content (AvgIpc) is 2.58. The number of nitrogens with zero attached hydrogens (tertiary/aromatic N) is 1. The number of hydrogen-bond acceptors (Lipinski definition) is 5. The topological polar surface area (TPSA) is 79.2 Å². The molecule has 2 rings (SSSR count). The van der Waals surface area contributed by atoms with E-state index in [9.17, 15) is 9.59 Å². The lowest BCUT2D eigenvalue weighted by molar-refractivity contribution is -0.119. The molecule has 0 heterocycles. The summed E-state index contributed by atoms with van der Waals surface area (Å²) in [4.78, 5) is 24.6. The van der Waals surface area contributed by atoms with Crippen LogP contribution in [0.1, 0.15) is 15.9 Å². The van der Waals surface area contributed by atoms with E-state index in [0.717, 1.165) is 22.2 Å². The summed E-state index contributed by atoms with van der Waals surface area (Å²) >= 11 is 12.7. The number of thiocyanates is 1. The van der Waals surface area contributed by atoms with E-state index in [1.54, 1.807) is 25.1 Å². The Hall–Kier alpha value is -2.20. The van der Waals surface area contributed by atoms with Gasteiger partial charge in [0.2, 0.25) is 0 Å². The lowest BCUT2D eigenvalue weighted by atomic mass is 10.2. The van der Waals surface area contributed by atoms with Crippen LogP contribution in [-0.2, 0) is 9.53 Å². The van der Waals surface area contributed by atoms with Crippen LogP contribution in [0, 0.1) is 17.6 Å². The lowest BCUT2D eigenvalue weighted by Crippen LogP contribution is -2.21. The molecule has 0 atom stereocenters. The fraction of sp³-hybridized carbons (Fsp3) is 0.118. The van der Waals surface area contributed by atoms with Gasteiger partial charge in [-0.3, -0.25) is 4.79 Å². The summed E-state index contributed by atoms with van der Waals surface area (Å²) in [6.45, 7) is 1.37. The first-order valence-corrected chi connectivity index (χ1v) is 8.56. The normalized spacial score (nSPS) is 10.0. The molecule has 2 aromatic carbocycles. The molecule has 0 fully saturated rings. The predicted octanol–water partition coefficient (Wildman–Crippen LogP) is 4.67. The third-order valence-corrected chi connectivity index (χ3v) is 4.45. The zero-order valence-corrected chi connectivity index (χ0v) is 15.3. The van der Waals surface area contributed by atoms with Crippen LogP contribution < -0.4 is 5.32 Å². The monoisotopic (exact) mass is 394 g/mol. The van der Waals surface area contributed by atoms with Crippen LogP contribution in [-0.4, -0.2) is 18.5 Å². The Labute approximate surface area is 158 Å². The molecular weight excluding hydrogens is 383 g/mol. The van der Waals surface area contributed by atoms with Gasteiger partial charge in [0, 0.05) is 10.6 Å². The second-order valence-electron chi connectivity index (χ2n) is 4.92. The molecule has 8 heteroatoms. The number of thioether (sulfide) groups is 1. The summed E-state index contributed by atoms with van der Waals surface area (Å²) in [5, 5.41) is 13.8. The largest absolute Gasteiger partial charge is 0.452 e. The van der Waals surface area contributed by atoms with Gasteiger partial charge in [-0.15, -0.1) is 0 Å². The number of amides is 1. The van der Waals surface area contributed by atoms with Gasteiger partial charge in [0.05, 0.1) is 15.6 Å². The Bertz CT molecular complexity index is 865. The minimum atomic E-state index is -0.675. The van der Waals surface area contributed by atoms with Gasteiger partial charge < -0.3 is 10.1 Å². The zero-order chi connectivity index (χ0) is 18.4. The molecule has 2 aromatic rings. The number of carbonyl (C=O) groups is 2. The molecule has 0 saturated carbocycles. The van der Waals surface area contributed by atoms with Crippen LogP contribution in [0.25, 0.3) is 0 Å². The van der Waals surface area contributed by atoms with Crippen molar-refractivity contribution in [1.82, 2.24) is 0 Å². The maximum Gasteiger partial charge on any atom is 0.338 e. The fourth-order valence-electron chi connectivity index (χ4n) is 1.92. The van der Waals surface area contributed by atoms with Crippen LogP contribution in [0.2, 0.25) is 10.0 Å². The maximum atomic E-state index is 11.9. The number of aryl methyl sites for hydroxylation is 1. The Morgan fingerprint density at radius 1 is 1.20 bits per heavy atom. The molecule has 0 aliphatic carbocycles. The molecule has 0 unspecified atom stereocenters. The highest BCUT2D eigenvalue weighted by Crippen LogP contribution is 2.24. The van der Waals surface area contributed by atoms with E-state index in [2.05, 4.69) is 5.32 Å². The van der Waals surface area contributed by atoms with Crippen molar-refractivity contribution < 1.29 is 14.3 Å². The van der Waals surface area contributed by atoms with Crippen LogP contribution in [0.4, 0.5) is 5.69 Å². The van der Waals surface area contributed by atoms with Crippen molar-refractivity contribution in [2.75, 3.05) is 11.9 Å². The number of anilines is 1. The summed E-state index contributed by atoms with van der Waals surface area (Å²) < 4.78 is 4.96. The molecule has 0 saturated heterocycles. The van der Waals surface area contributed by atoms with Crippen molar-refractivity contribution in [2.24, 2.45) is 0 Å². The second kappa shape index (κ2) is 8.77. The molecule has 0 bridgehead atoms. The summed E-state index contributed by atoms with van der Waals surface area (Å²) in [6.07, 6.45) is 0. The van der Waals surface area contributed by atoms with Gasteiger partial charge in [0.25, 0.3) is 5.91 Å². The summed E-state index contributed by atoms with van der Waals surface area (Å²) in [5.74, 6) is -1.15. The van der Waals surface area contributed by atoms with Crippen molar-refractivity contribution in [3.63, 3.8) is 0 Å². The number of esters is 1.